The Balaban J connectivity index is 1.79. The lowest BCUT2D eigenvalue weighted by atomic mass is 9.96. The van der Waals surface area contributed by atoms with Gasteiger partial charge in [0, 0.05) is 6.04 Å². The van der Waals surface area contributed by atoms with Gasteiger partial charge in [-0.3, -0.25) is 4.79 Å². The van der Waals surface area contributed by atoms with E-state index in [1.54, 1.807) is 0 Å². The lowest BCUT2D eigenvalue weighted by Gasteiger charge is -2.25. The molecule has 1 atom stereocenters. The second-order valence-corrected chi connectivity index (χ2v) is 9.53. The Labute approximate surface area is 178 Å². The van der Waals surface area contributed by atoms with E-state index in [0.717, 1.165) is 50.2 Å². The summed E-state index contributed by atoms with van der Waals surface area (Å²) in [7, 11) is -4.19. The van der Waals surface area contributed by atoms with Crippen LogP contribution in [-0.2, 0) is 21.2 Å². The molecule has 7 heteroatoms. The van der Waals surface area contributed by atoms with Gasteiger partial charge in [0.05, 0.1) is 0 Å². The summed E-state index contributed by atoms with van der Waals surface area (Å²) in [5, 5.41) is 3.04. The van der Waals surface area contributed by atoms with E-state index in [0.29, 0.717) is 0 Å². The van der Waals surface area contributed by atoms with Gasteiger partial charge in [-0.2, -0.15) is 4.72 Å². The van der Waals surface area contributed by atoms with E-state index >= 15 is 0 Å². The first kappa shape index (κ1) is 22.4. The Bertz CT molecular complexity index is 926. The smallest absolute Gasteiger partial charge is 0.244 e. The highest BCUT2D eigenvalue weighted by Crippen LogP contribution is 2.18. The summed E-state index contributed by atoms with van der Waals surface area (Å²) in [6.45, 7) is 0. The summed E-state index contributed by atoms with van der Waals surface area (Å²) in [5.74, 6) is -1.21. The van der Waals surface area contributed by atoms with E-state index in [1.807, 2.05) is 30.3 Å². The van der Waals surface area contributed by atoms with Crippen molar-refractivity contribution in [2.24, 2.45) is 0 Å². The van der Waals surface area contributed by atoms with Crippen molar-refractivity contribution in [1.82, 2.24) is 10.0 Å². The number of hydrogen-bond acceptors (Lipinski definition) is 3. The zero-order valence-electron chi connectivity index (χ0n) is 17.0. The zero-order chi connectivity index (χ0) is 21.4. The van der Waals surface area contributed by atoms with Crippen LogP contribution >= 0.6 is 0 Å². The molecule has 2 aromatic carbocycles. The Hall–Kier alpha value is -2.25. The van der Waals surface area contributed by atoms with Gasteiger partial charge in [0.2, 0.25) is 15.9 Å². The van der Waals surface area contributed by atoms with Gasteiger partial charge in [0.15, 0.2) is 0 Å². The lowest BCUT2D eigenvalue weighted by molar-refractivity contribution is -0.123. The van der Waals surface area contributed by atoms with Crippen LogP contribution in [-0.4, -0.2) is 26.4 Å². The fourth-order valence-corrected chi connectivity index (χ4v) is 5.13. The van der Waals surface area contributed by atoms with Crippen LogP contribution in [0.4, 0.5) is 4.39 Å². The Morgan fingerprint density at radius 3 is 2.20 bits per heavy atom. The highest BCUT2D eigenvalue weighted by molar-refractivity contribution is 7.89. The molecule has 0 saturated heterocycles. The van der Waals surface area contributed by atoms with Gasteiger partial charge >= 0.3 is 0 Å². The molecule has 0 bridgehead atoms. The van der Waals surface area contributed by atoms with Crippen LogP contribution in [0, 0.1) is 5.82 Å². The lowest BCUT2D eigenvalue weighted by Crippen LogP contribution is -2.50. The molecule has 1 fully saturated rings. The van der Waals surface area contributed by atoms with E-state index in [9.17, 15) is 17.6 Å². The Kier molecular flexibility index (Phi) is 7.99. The second kappa shape index (κ2) is 10.7. The number of benzene rings is 2. The number of halogens is 1. The highest BCUT2D eigenvalue weighted by Gasteiger charge is 2.29. The van der Waals surface area contributed by atoms with Gasteiger partial charge in [-0.15, -0.1) is 0 Å². The molecule has 0 aromatic heterocycles. The number of sulfonamides is 1. The number of rotatable bonds is 7. The van der Waals surface area contributed by atoms with E-state index in [-0.39, 0.29) is 18.4 Å². The first-order chi connectivity index (χ1) is 14.5. The SMILES string of the molecule is O=C(NC1CCCCCCC1)C(Cc1ccccc1)NS(=O)(=O)c1ccccc1F. The first-order valence-electron chi connectivity index (χ1n) is 10.6. The van der Waals surface area contributed by atoms with E-state index < -0.39 is 26.8 Å². The van der Waals surface area contributed by atoms with Gasteiger partial charge in [0.1, 0.15) is 16.8 Å². The highest BCUT2D eigenvalue weighted by atomic mass is 32.2. The minimum atomic E-state index is -4.19. The normalized spacial score (nSPS) is 17.0. The Morgan fingerprint density at radius 2 is 1.53 bits per heavy atom. The van der Waals surface area contributed by atoms with Crippen LogP contribution in [0.25, 0.3) is 0 Å². The van der Waals surface area contributed by atoms with E-state index in [2.05, 4.69) is 10.0 Å². The van der Waals surface area contributed by atoms with E-state index in [4.69, 9.17) is 0 Å². The van der Waals surface area contributed by atoms with Gasteiger partial charge in [-0.1, -0.05) is 74.6 Å². The molecule has 5 nitrogen and oxygen atoms in total. The number of carbonyl (C=O) groups excluding carboxylic acids is 1. The molecule has 3 rings (SSSR count). The van der Waals surface area contributed by atoms with Crippen molar-refractivity contribution < 1.29 is 17.6 Å². The summed E-state index contributed by atoms with van der Waals surface area (Å²) in [6.07, 6.45) is 7.60. The molecule has 1 amide bonds. The van der Waals surface area contributed by atoms with Crippen molar-refractivity contribution in [3.8, 4) is 0 Å². The summed E-state index contributed by atoms with van der Waals surface area (Å²) in [6, 6.07) is 13.4. The standard InChI is InChI=1S/C23H29FN2O3S/c24-20-15-9-10-16-22(20)30(28,29)26-21(17-18-11-5-4-6-12-18)23(27)25-19-13-7-2-1-3-8-14-19/h4-6,9-12,15-16,19,21,26H,1-3,7-8,13-14,17H2,(H,25,27). The van der Waals surface area contributed by atoms with Gasteiger partial charge in [-0.05, 0) is 37.0 Å². The largest absolute Gasteiger partial charge is 0.352 e. The van der Waals surface area contributed by atoms with Crippen molar-refractivity contribution >= 4 is 15.9 Å². The molecule has 0 aliphatic heterocycles. The molecular weight excluding hydrogens is 403 g/mol. The van der Waals surface area contributed by atoms with Crippen LogP contribution in [0.15, 0.2) is 59.5 Å². The molecule has 1 aliphatic carbocycles. The third-order valence-corrected chi connectivity index (χ3v) is 6.98. The molecule has 1 unspecified atom stereocenters. The summed E-state index contributed by atoms with van der Waals surface area (Å²) >= 11 is 0. The minimum absolute atomic E-state index is 0.0361. The minimum Gasteiger partial charge on any atom is -0.352 e. The predicted octanol–water partition coefficient (Wildman–Crippen LogP) is 3.94. The van der Waals surface area contributed by atoms with Gasteiger partial charge in [-0.25, -0.2) is 12.8 Å². The van der Waals surface area contributed by atoms with Crippen LogP contribution in [0.1, 0.15) is 50.5 Å². The van der Waals surface area contributed by atoms with Crippen LogP contribution in [0.5, 0.6) is 0 Å². The quantitative estimate of drug-likeness (QED) is 0.696. The number of nitrogens with one attached hydrogen (secondary N) is 2. The van der Waals surface area contributed by atoms with Crippen molar-refractivity contribution in [3.63, 3.8) is 0 Å². The van der Waals surface area contributed by atoms with Crippen molar-refractivity contribution in [1.29, 1.82) is 0 Å². The Morgan fingerprint density at radius 1 is 0.933 bits per heavy atom. The predicted molar refractivity (Wildman–Crippen MR) is 115 cm³/mol. The third-order valence-electron chi connectivity index (χ3n) is 5.47. The summed E-state index contributed by atoms with van der Waals surface area (Å²) < 4.78 is 42.2. The summed E-state index contributed by atoms with van der Waals surface area (Å²) in [4.78, 5) is 12.6. The summed E-state index contributed by atoms with van der Waals surface area (Å²) in [5.41, 5.74) is 0.826. The van der Waals surface area contributed by atoms with E-state index in [1.165, 1.54) is 24.6 Å². The molecule has 162 valence electrons. The maximum Gasteiger partial charge on any atom is 0.244 e. The van der Waals surface area contributed by atoms with Crippen molar-refractivity contribution in [2.45, 2.75) is 68.3 Å². The average Bonchev–Trinajstić information content (AvgIpc) is 2.70. The number of carbonyl (C=O) groups is 1. The third kappa shape index (κ3) is 6.37. The van der Waals surface area contributed by atoms with Crippen molar-refractivity contribution in [2.75, 3.05) is 0 Å². The molecule has 1 saturated carbocycles. The average molecular weight is 433 g/mol. The van der Waals surface area contributed by atoms with Crippen LogP contribution in [0.3, 0.4) is 0 Å². The van der Waals surface area contributed by atoms with Crippen molar-refractivity contribution in [3.05, 3.63) is 66.0 Å². The molecule has 30 heavy (non-hydrogen) atoms. The molecule has 0 spiro atoms. The van der Waals surface area contributed by atoms with Crippen LogP contribution < -0.4 is 10.0 Å². The van der Waals surface area contributed by atoms with Gasteiger partial charge < -0.3 is 5.32 Å². The number of amides is 1. The fraction of sp³-hybridized carbons (Fsp3) is 0.435. The molecular formula is C23H29FN2O3S. The maximum atomic E-state index is 14.1. The molecule has 0 heterocycles. The molecule has 2 N–H and O–H groups in total. The topological polar surface area (TPSA) is 75.3 Å². The second-order valence-electron chi connectivity index (χ2n) is 7.84. The zero-order valence-corrected chi connectivity index (χ0v) is 17.8. The first-order valence-corrected chi connectivity index (χ1v) is 12.1. The molecule has 2 aromatic rings. The van der Waals surface area contributed by atoms with Crippen LogP contribution in [0.2, 0.25) is 0 Å². The molecule has 0 radical (unpaired) electrons. The maximum absolute atomic E-state index is 14.1. The van der Waals surface area contributed by atoms with Gasteiger partial charge in [0.25, 0.3) is 0 Å². The fourth-order valence-electron chi connectivity index (χ4n) is 3.85. The monoisotopic (exact) mass is 432 g/mol. The molecule has 1 aliphatic rings. The number of hydrogen-bond donors (Lipinski definition) is 2.